The third kappa shape index (κ3) is 2.93. The zero-order valence-electron chi connectivity index (χ0n) is 15.1. The normalized spacial score (nSPS) is 30.0. The highest BCUT2D eigenvalue weighted by Gasteiger charge is 2.58. The molecular weight excluding hydrogens is 336 g/mol. The molecule has 142 valence electrons. The van der Waals surface area contributed by atoms with Crippen molar-refractivity contribution >= 4 is 5.97 Å². The molecule has 1 saturated carbocycles. The summed E-state index contributed by atoms with van der Waals surface area (Å²) in [5.74, 6) is 0.164. The van der Waals surface area contributed by atoms with Crippen molar-refractivity contribution in [2.45, 2.75) is 38.3 Å². The number of likely N-dealkylation sites (tertiary alicyclic amines) is 2. The summed E-state index contributed by atoms with van der Waals surface area (Å²) in [6.45, 7) is 3.19. The fraction of sp³-hybridized carbons (Fsp3) is 0.684. The average molecular weight is 362 g/mol. The molecule has 7 nitrogen and oxygen atoms in total. The number of carboxylic acid groups (broad SMARTS) is 1. The summed E-state index contributed by atoms with van der Waals surface area (Å²) < 4.78 is 10.4. The molecule has 1 N–H and O–H groups in total. The van der Waals surface area contributed by atoms with Gasteiger partial charge in [0.1, 0.15) is 12.0 Å². The van der Waals surface area contributed by atoms with Crippen LogP contribution in [0.25, 0.3) is 0 Å². The minimum Gasteiger partial charge on any atom is -0.490 e. The molecule has 1 aromatic heterocycles. The van der Waals surface area contributed by atoms with E-state index < -0.39 is 11.4 Å². The van der Waals surface area contributed by atoms with Gasteiger partial charge in [-0.15, -0.1) is 0 Å². The number of rotatable bonds is 5. The van der Waals surface area contributed by atoms with Crippen molar-refractivity contribution in [3.05, 3.63) is 28.3 Å². The van der Waals surface area contributed by atoms with Crippen LogP contribution in [0.3, 0.4) is 0 Å². The van der Waals surface area contributed by atoms with Crippen molar-refractivity contribution in [1.82, 2.24) is 9.80 Å². The van der Waals surface area contributed by atoms with E-state index in [1.165, 1.54) is 45.1 Å². The number of carboxylic acids is 1. The van der Waals surface area contributed by atoms with E-state index in [0.717, 1.165) is 13.1 Å². The van der Waals surface area contributed by atoms with Gasteiger partial charge >= 0.3 is 5.97 Å². The molecule has 0 spiro atoms. The fourth-order valence-electron chi connectivity index (χ4n) is 5.07. The minimum atomic E-state index is -0.699. The van der Waals surface area contributed by atoms with Gasteiger partial charge in [-0.05, 0) is 12.8 Å². The predicted molar refractivity (Wildman–Crippen MR) is 94.2 cm³/mol. The van der Waals surface area contributed by atoms with Gasteiger partial charge in [-0.3, -0.25) is 19.4 Å². The summed E-state index contributed by atoms with van der Waals surface area (Å²) >= 11 is 0. The standard InChI is InChI=1S/C19H26N2O5/c1-25-17-10-26-15(6-16(17)22)9-20-7-13-8-21(14-4-2-3-5-14)12-19(13,11-20)18(23)24/h6,10,13-14H,2-5,7-9,11-12H2,1H3,(H,23,24)/t13-,19-/m1/s1. The topological polar surface area (TPSA) is 83.2 Å². The molecule has 3 aliphatic rings. The summed E-state index contributed by atoms with van der Waals surface area (Å²) in [6.07, 6.45) is 6.23. The van der Waals surface area contributed by atoms with Crippen LogP contribution >= 0.6 is 0 Å². The van der Waals surface area contributed by atoms with Crippen LogP contribution in [0.5, 0.6) is 5.75 Å². The van der Waals surface area contributed by atoms with Crippen LogP contribution in [0.2, 0.25) is 0 Å². The van der Waals surface area contributed by atoms with Gasteiger partial charge < -0.3 is 14.3 Å². The summed E-state index contributed by atoms with van der Waals surface area (Å²) in [5, 5.41) is 9.99. The number of carbonyl (C=O) groups is 1. The largest absolute Gasteiger partial charge is 0.490 e. The Bertz CT molecular complexity index is 742. The van der Waals surface area contributed by atoms with Crippen LogP contribution in [0, 0.1) is 11.3 Å². The molecule has 4 rings (SSSR count). The Balaban J connectivity index is 1.47. The Kier molecular flexibility index (Phi) is 4.52. The predicted octanol–water partition coefficient (Wildman–Crippen LogP) is 1.41. The van der Waals surface area contributed by atoms with E-state index in [1.807, 2.05) is 0 Å². The molecule has 0 unspecified atom stereocenters. The van der Waals surface area contributed by atoms with Gasteiger partial charge in [-0.1, -0.05) is 12.8 Å². The third-order valence-electron chi connectivity index (χ3n) is 6.42. The van der Waals surface area contributed by atoms with Gasteiger partial charge in [-0.25, -0.2) is 0 Å². The molecule has 7 heteroatoms. The van der Waals surface area contributed by atoms with E-state index >= 15 is 0 Å². The maximum atomic E-state index is 12.2. The molecule has 1 aromatic rings. The van der Waals surface area contributed by atoms with E-state index in [-0.39, 0.29) is 17.1 Å². The highest BCUT2D eigenvalue weighted by molar-refractivity contribution is 5.77. The number of fused-ring (bicyclic) bond motifs is 1. The molecule has 1 aliphatic carbocycles. The number of methoxy groups -OCH3 is 1. The Morgan fingerprint density at radius 3 is 2.73 bits per heavy atom. The molecule has 2 saturated heterocycles. The van der Waals surface area contributed by atoms with Gasteiger partial charge in [0.25, 0.3) is 0 Å². The smallest absolute Gasteiger partial charge is 0.312 e. The molecule has 0 aromatic carbocycles. The lowest BCUT2D eigenvalue weighted by Crippen LogP contribution is -2.42. The molecular formula is C19H26N2O5. The van der Waals surface area contributed by atoms with E-state index in [0.29, 0.717) is 31.4 Å². The van der Waals surface area contributed by atoms with Crippen molar-refractivity contribution in [3.8, 4) is 5.75 Å². The van der Waals surface area contributed by atoms with Crippen LogP contribution in [0.1, 0.15) is 31.4 Å². The first-order valence-electron chi connectivity index (χ1n) is 9.37. The monoisotopic (exact) mass is 362 g/mol. The maximum Gasteiger partial charge on any atom is 0.312 e. The summed E-state index contributed by atoms with van der Waals surface area (Å²) in [6, 6.07) is 2.00. The van der Waals surface area contributed by atoms with Gasteiger partial charge in [-0.2, -0.15) is 0 Å². The van der Waals surface area contributed by atoms with E-state index in [1.54, 1.807) is 0 Å². The molecule has 3 fully saturated rings. The zero-order chi connectivity index (χ0) is 18.3. The number of aliphatic carboxylic acids is 1. The first-order valence-corrected chi connectivity index (χ1v) is 9.37. The van der Waals surface area contributed by atoms with E-state index in [4.69, 9.17) is 9.15 Å². The molecule has 3 heterocycles. The molecule has 26 heavy (non-hydrogen) atoms. The maximum absolute atomic E-state index is 12.2. The van der Waals surface area contributed by atoms with Gasteiger partial charge in [0.2, 0.25) is 11.2 Å². The molecule has 2 atom stereocenters. The highest BCUT2D eigenvalue weighted by Crippen LogP contribution is 2.45. The highest BCUT2D eigenvalue weighted by atomic mass is 16.5. The number of hydrogen-bond donors (Lipinski definition) is 1. The summed E-state index contributed by atoms with van der Waals surface area (Å²) in [4.78, 5) is 28.6. The molecule has 0 amide bonds. The van der Waals surface area contributed by atoms with Crippen LogP contribution in [-0.4, -0.2) is 60.2 Å². The van der Waals surface area contributed by atoms with Crippen molar-refractivity contribution in [3.63, 3.8) is 0 Å². The molecule has 2 aliphatic heterocycles. The van der Waals surface area contributed by atoms with Crippen molar-refractivity contribution < 1.29 is 19.1 Å². The van der Waals surface area contributed by atoms with Gasteiger partial charge in [0.05, 0.1) is 19.1 Å². The Morgan fingerprint density at radius 2 is 2.12 bits per heavy atom. The Morgan fingerprint density at radius 1 is 1.35 bits per heavy atom. The number of nitrogens with zero attached hydrogens (tertiary/aromatic N) is 2. The molecule has 0 bridgehead atoms. The fourth-order valence-corrected chi connectivity index (χ4v) is 5.07. The van der Waals surface area contributed by atoms with E-state index in [9.17, 15) is 14.7 Å². The lowest BCUT2D eigenvalue weighted by Gasteiger charge is -2.28. The number of hydrogen-bond acceptors (Lipinski definition) is 6. The van der Waals surface area contributed by atoms with Crippen molar-refractivity contribution in [2.24, 2.45) is 11.3 Å². The van der Waals surface area contributed by atoms with E-state index in [2.05, 4.69) is 9.80 Å². The minimum absolute atomic E-state index is 0.130. The van der Waals surface area contributed by atoms with Gasteiger partial charge in [0.15, 0.2) is 0 Å². The van der Waals surface area contributed by atoms with Crippen LogP contribution in [-0.2, 0) is 11.3 Å². The van der Waals surface area contributed by atoms with Crippen LogP contribution in [0.4, 0.5) is 0 Å². The third-order valence-corrected chi connectivity index (χ3v) is 6.42. The lowest BCUT2D eigenvalue weighted by molar-refractivity contribution is -0.149. The van der Waals surface area contributed by atoms with Crippen molar-refractivity contribution in [2.75, 3.05) is 33.3 Å². The van der Waals surface area contributed by atoms with Gasteiger partial charge in [0, 0.05) is 44.2 Å². The second-order valence-electron chi connectivity index (χ2n) is 7.97. The summed E-state index contributed by atoms with van der Waals surface area (Å²) in [5.41, 5.74) is -0.913. The Labute approximate surface area is 152 Å². The van der Waals surface area contributed by atoms with Crippen LogP contribution in [0.15, 0.2) is 21.5 Å². The zero-order valence-corrected chi connectivity index (χ0v) is 15.1. The van der Waals surface area contributed by atoms with Crippen molar-refractivity contribution in [1.29, 1.82) is 0 Å². The lowest BCUT2D eigenvalue weighted by atomic mass is 9.81. The quantitative estimate of drug-likeness (QED) is 0.848. The number of ether oxygens (including phenoxy) is 1. The summed E-state index contributed by atoms with van der Waals surface area (Å²) in [7, 11) is 1.43. The first kappa shape index (κ1) is 17.5. The first-order chi connectivity index (χ1) is 12.5. The molecule has 0 radical (unpaired) electrons. The average Bonchev–Trinajstić information content (AvgIpc) is 3.29. The SMILES string of the molecule is COc1coc(CN2C[C@@H]3CN(C4CCCC4)C[C@]3(C(=O)O)C2)cc1=O. The second kappa shape index (κ2) is 6.70. The van der Waals surface area contributed by atoms with Crippen LogP contribution < -0.4 is 10.2 Å². The second-order valence-corrected chi connectivity index (χ2v) is 7.97. The Hall–Kier alpha value is -1.86.